The van der Waals surface area contributed by atoms with E-state index in [9.17, 15) is 4.79 Å². The third kappa shape index (κ3) is 3.15. The summed E-state index contributed by atoms with van der Waals surface area (Å²) in [7, 11) is 0.197. The summed E-state index contributed by atoms with van der Waals surface area (Å²) in [6, 6.07) is 6.47. The molecule has 0 aliphatic rings. The predicted octanol–water partition coefficient (Wildman–Crippen LogP) is 4.99. The van der Waals surface area contributed by atoms with E-state index in [1.54, 1.807) is 0 Å². The van der Waals surface area contributed by atoms with Gasteiger partial charge < -0.3 is 0 Å². The molecule has 0 N–H and O–H groups in total. The van der Waals surface area contributed by atoms with Gasteiger partial charge in [-0.25, -0.2) is 0 Å². The maximum Gasteiger partial charge on any atom is 0.186 e. The molecule has 2 aromatic rings. The molecule has 0 aliphatic heterocycles. The third-order valence-corrected chi connectivity index (χ3v) is 6.01. The van der Waals surface area contributed by atoms with Crippen LogP contribution in [0.15, 0.2) is 18.2 Å². The lowest BCUT2D eigenvalue weighted by atomic mass is 9.95. The van der Waals surface area contributed by atoms with Gasteiger partial charge in [0.2, 0.25) is 0 Å². The molecule has 0 heterocycles. The molecule has 0 bridgehead atoms. The van der Waals surface area contributed by atoms with Gasteiger partial charge in [-0.2, -0.15) is 0 Å². The van der Waals surface area contributed by atoms with Crippen LogP contribution < -0.4 is 5.30 Å². The highest BCUT2D eigenvalue weighted by Crippen LogP contribution is 2.29. The standard InChI is InChI=1S/C20H25OP/c1-11-8-14(4)19(15(5)9-11)22-20(21)18-13(3)10-12(2)16(6)17(18)7/h8-10,22H,1-7H3. The van der Waals surface area contributed by atoms with Crippen LogP contribution in [0.3, 0.4) is 0 Å². The van der Waals surface area contributed by atoms with Crippen molar-refractivity contribution in [1.29, 1.82) is 0 Å². The minimum absolute atomic E-state index is 0.197. The number of carbonyl (C=O) groups excluding carboxylic acids is 1. The molecular weight excluding hydrogens is 287 g/mol. The van der Waals surface area contributed by atoms with E-state index in [1.165, 1.54) is 33.1 Å². The van der Waals surface area contributed by atoms with Crippen LogP contribution in [0.5, 0.6) is 0 Å². The van der Waals surface area contributed by atoms with E-state index in [4.69, 9.17) is 0 Å². The Labute approximate surface area is 135 Å². The first-order valence-electron chi connectivity index (χ1n) is 7.69. The van der Waals surface area contributed by atoms with Crippen LogP contribution in [0.4, 0.5) is 0 Å². The van der Waals surface area contributed by atoms with Crippen LogP contribution in [0.25, 0.3) is 0 Å². The van der Waals surface area contributed by atoms with Gasteiger partial charge in [0.1, 0.15) is 0 Å². The second-order valence-corrected chi connectivity index (χ2v) is 7.57. The van der Waals surface area contributed by atoms with E-state index < -0.39 is 0 Å². The fourth-order valence-corrected chi connectivity index (χ4v) is 4.46. The van der Waals surface area contributed by atoms with E-state index in [1.807, 2.05) is 6.92 Å². The third-order valence-electron chi connectivity index (χ3n) is 4.50. The molecule has 0 aliphatic carbocycles. The Bertz CT molecular complexity index is 734. The molecule has 0 amide bonds. The first-order valence-corrected chi connectivity index (χ1v) is 8.69. The minimum Gasteiger partial charge on any atom is -0.289 e. The maximum absolute atomic E-state index is 12.9. The predicted molar refractivity (Wildman–Crippen MR) is 98.3 cm³/mol. The highest BCUT2D eigenvalue weighted by atomic mass is 31.1. The van der Waals surface area contributed by atoms with E-state index >= 15 is 0 Å². The normalized spacial score (nSPS) is 11.4. The summed E-state index contributed by atoms with van der Waals surface area (Å²) >= 11 is 0. The van der Waals surface area contributed by atoms with E-state index in [0.29, 0.717) is 0 Å². The monoisotopic (exact) mass is 312 g/mol. The lowest BCUT2D eigenvalue weighted by molar-refractivity contribution is 0.108. The van der Waals surface area contributed by atoms with Gasteiger partial charge in [-0.05, 0) is 95.7 Å². The van der Waals surface area contributed by atoms with Crippen molar-refractivity contribution in [2.24, 2.45) is 0 Å². The Morgan fingerprint density at radius 1 is 0.727 bits per heavy atom. The fourth-order valence-electron chi connectivity index (χ4n) is 3.19. The summed E-state index contributed by atoms with van der Waals surface area (Å²) in [6.45, 7) is 14.7. The van der Waals surface area contributed by atoms with Crippen molar-refractivity contribution in [3.63, 3.8) is 0 Å². The second kappa shape index (κ2) is 6.34. The number of carbonyl (C=O) groups is 1. The maximum atomic E-state index is 12.9. The van der Waals surface area contributed by atoms with Gasteiger partial charge >= 0.3 is 0 Å². The highest BCUT2D eigenvalue weighted by Gasteiger charge is 2.17. The van der Waals surface area contributed by atoms with Gasteiger partial charge in [0.05, 0.1) is 0 Å². The van der Waals surface area contributed by atoms with Crippen molar-refractivity contribution in [2.45, 2.75) is 48.5 Å². The number of hydrogen-bond donors (Lipinski definition) is 0. The summed E-state index contributed by atoms with van der Waals surface area (Å²) in [5.74, 6) is 0. The minimum atomic E-state index is 0.197. The number of benzene rings is 2. The Balaban J connectivity index is 2.45. The zero-order valence-electron chi connectivity index (χ0n) is 14.6. The molecule has 2 rings (SSSR count). The van der Waals surface area contributed by atoms with Crippen LogP contribution in [0.1, 0.15) is 49.3 Å². The Hall–Kier alpha value is -1.46. The Morgan fingerprint density at radius 3 is 1.82 bits per heavy atom. The summed E-state index contributed by atoms with van der Waals surface area (Å²) in [6.07, 6.45) is 0. The zero-order valence-corrected chi connectivity index (χ0v) is 15.6. The summed E-state index contributed by atoms with van der Waals surface area (Å²) in [5, 5.41) is 1.20. The van der Waals surface area contributed by atoms with Gasteiger partial charge in [0.15, 0.2) is 5.52 Å². The zero-order chi connectivity index (χ0) is 16.6. The van der Waals surface area contributed by atoms with Crippen molar-refractivity contribution >= 4 is 19.4 Å². The van der Waals surface area contributed by atoms with E-state index in [0.717, 1.165) is 16.7 Å². The summed E-state index contributed by atoms with van der Waals surface area (Å²) in [5.41, 5.74) is 9.61. The summed E-state index contributed by atoms with van der Waals surface area (Å²) < 4.78 is 0. The molecule has 0 aromatic heterocycles. The lowest BCUT2D eigenvalue weighted by Crippen LogP contribution is -2.11. The van der Waals surface area contributed by atoms with Gasteiger partial charge in [0, 0.05) is 5.56 Å². The summed E-state index contributed by atoms with van der Waals surface area (Å²) in [4.78, 5) is 12.9. The Kier molecular flexibility index (Phi) is 4.87. The number of hydrogen-bond acceptors (Lipinski definition) is 1. The van der Waals surface area contributed by atoms with Crippen molar-refractivity contribution in [2.75, 3.05) is 0 Å². The van der Waals surface area contributed by atoms with Gasteiger partial charge in [-0.15, -0.1) is 0 Å². The van der Waals surface area contributed by atoms with Crippen LogP contribution in [0.2, 0.25) is 0 Å². The average Bonchev–Trinajstić information content (AvgIpc) is 2.40. The molecular formula is C20H25OP. The van der Waals surface area contributed by atoms with Gasteiger partial charge in [-0.1, -0.05) is 23.8 Å². The topological polar surface area (TPSA) is 17.1 Å². The van der Waals surface area contributed by atoms with Gasteiger partial charge in [0.25, 0.3) is 0 Å². The smallest absolute Gasteiger partial charge is 0.186 e. The second-order valence-electron chi connectivity index (χ2n) is 6.36. The lowest BCUT2D eigenvalue weighted by Gasteiger charge is -2.16. The van der Waals surface area contributed by atoms with Gasteiger partial charge in [-0.3, -0.25) is 4.79 Å². The molecule has 1 atom stereocenters. The van der Waals surface area contributed by atoms with Crippen LogP contribution in [-0.4, -0.2) is 5.52 Å². The largest absolute Gasteiger partial charge is 0.289 e. The van der Waals surface area contributed by atoms with Crippen LogP contribution in [0, 0.1) is 48.5 Å². The molecule has 0 saturated heterocycles. The molecule has 0 fully saturated rings. The van der Waals surface area contributed by atoms with E-state index in [-0.39, 0.29) is 14.1 Å². The Morgan fingerprint density at radius 2 is 1.27 bits per heavy atom. The van der Waals surface area contributed by atoms with Crippen molar-refractivity contribution in [1.82, 2.24) is 0 Å². The van der Waals surface area contributed by atoms with E-state index in [2.05, 4.69) is 59.7 Å². The molecule has 0 saturated carbocycles. The average molecular weight is 312 g/mol. The first kappa shape index (κ1) is 16.9. The molecule has 1 unspecified atom stereocenters. The highest BCUT2D eigenvalue weighted by molar-refractivity contribution is 7.66. The first-order chi connectivity index (χ1) is 10.2. The molecule has 1 nitrogen and oxygen atoms in total. The number of aryl methyl sites for hydroxylation is 5. The molecule has 0 spiro atoms. The van der Waals surface area contributed by atoms with Crippen molar-refractivity contribution in [3.8, 4) is 0 Å². The SMILES string of the molecule is Cc1cc(C)c(PC(=O)c2c(C)cc(C)c(C)c2C)c(C)c1. The molecule has 2 heteroatoms. The van der Waals surface area contributed by atoms with Crippen molar-refractivity contribution in [3.05, 3.63) is 62.7 Å². The van der Waals surface area contributed by atoms with Crippen LogP contribution in [-0.2, 0) is 0 Å². The molecule has 116 valence electrons. The molecule has 0 radical (unpaired) electrons. The quantitative estimate of drug-likeness (QED) is 0.730. The molecule has 2 aromatic carbocycles. The molecule has 22 heavy (non-hydrogen) atoms. The van der Waals surface area contributed by atoms with Crippen molar-refractivity contribution < 1.29 is 4.79 Å². The fraction of sp³-hybridized carbons (Fsp3) is 0.350. The van der Waals surface area contributed by atoms with Crippen LogP contribution >= 0.6 is 8.58 Å². The number of rotatable bonds is 3.